The number of ketones is 5. The van der Waals surface area contributed by atoms with Gasteiger partial charge in [0, 0.05) is 47.7 Å². The summed E-state index contributed by atoms with van der Waals surface area (Å²) in [6.45, 7) is 10.6. The van der Waals surface area contributed by atoms with E-state index in [1.807, 2.05) is 13.8 Å². The van der Waals surface area contributed by atoms with Crippen LogP contribution >= 0.6 is 0 Å². The second-order valence-electron chi connectivity index (χ2n) is 12.1. The Balaban J connectivity index is 1.92. The summed E-state index contributed by atoms with van der Waals surface area (Å²) in [5.74, 6) is -4.07. The number of carbonyl (C=O) groups is 6. The molecular weight excluding hydrogens is 436 g/mol. The molecule has 6 atom stereocenters. The predicted molar refractivity (Wildman–Crippen MR) is 122 cm³/mol. The summed E-state index contributed by atoms with van der Waals surface area (Å²) in [6, 6.07) is 0. The van der Waals surface area contributed by atoms with E-state index in [1.165, 1.54) is 0 Å². The van der Waals surface area contributed by atoms with E-state index in [1.54, 1.807) is 27.7 Å². The first kappa shape index (κ1) is 24.7. The summed E-state index contributed by atoms with van der Waals surface area (Å²) in [5, 5.41) is 9.12. The fourth-order valence-corrected chi connectivity index (χ4v) is 7.99. The Morgan fingerprint density at radius 2 is 1.59 bits per heavy atom. The molecule has 0 spiro atoms. The van der Waals surface area contributed by atoms with Gasteiger partial charge in [-0.05, 0) is 37.5 Å². The van der Waals surface area contributed by atoms with E-state index in [2.05, 4.69) is 0 Å². The van der Waals surface area contributed by atoms with Crippen LogP contribution in [0.5, 0.6) is 0 Å². The molecule has 7 nitrogen and oxygen atoms in total. The van der Waals surface area contributed by atoms with Gasteiger partial charge in [0.2, 0.25) is 11.6 Å². The molecule has 0 radical (unpaired) electrons. The number of fused-ring (bicyclic) bond motifs is 4. The van der Waals surface area contributed by atoms with Crippen LogP contribution in [0.2, 0.25) is 0 Å². The molecule has 0 unspecified atom stereocenters. The number of carboxylic acid groups (broad SMARTS) is 1. The van der Waals surface area contributed by atoms with Crippen LogP contribution in [0.4, 0.5) is 0 Å². The van der Waals surface area contributed by atoms with E-state index in [0.717, 1.165) is 0 Å². The van der Waals surface area contributed by atoms with Crippen LogP contribution < -0.4 is 0 Å². The molecule has 0 aromatic heterocycles. The maximum atomic E-state index is 13.9. The van der Waals surface area contributed by atoms with E-state index < -0.39 is 51.0 Å². The quantitative estimate of drug-likeness (QED) is 0.624. The molecular formula is C27H34O7. The molecule has 7 heteroatoms. The zero-order valence-corrected chi connectivity index (χ0v) is 20.9. The van der Waals surface area contributed by atoms with Gasteiger partial charge in [-0.2, -0.15) is 0 Å². The lowest BCUT2D eigenvalue weighted by Gasteiger charge is -2.57. The fourth-order valence-electron chi connectivity index (χ4n) is 7.99. The van der Waals surface area contributed by atoms with E-state index in [9.17, 15) is 28.8 Å². The van der Waals surface area contributed by atoms with Crippen molar-refractivity contribution < 1.29 is 33.9 Å². The molecule has 0 amide bonds. The van der Waals surface area contributed by atoms with E-state index in [0.29, 0.717) is 6.42 Å². The number of carboxylic acids is 1. The number of Topliss-reactive ketones (excluding diaryl/α,β-unsaturated/α-hetero) is 5. The lowest BCUT2D eigenvalue weighted by atomic mass is 9.42. The highest BCUT2D eigenvalue weighted by molar-refractivity contribution is 6.49. The van der Waals surface area contributed by atoms with Crippen molar-refractivity contribution in [2.45, 2.75) is 80.1 Å². The zero-order valence-electron chi connectivity index (χ0n) is 20.9. The third-order valence-corrected chi connectivity index (χ3v) is 10.4. The lowest BCUT2D eigenvalue weighted by molar-refractivity contribution is -0.155. The molecule has 4 aliphatic carbocycles. The van der Waals surface area contributed by atoms with E-state index >= 15 is 0 Å². The number of hydrogen-bond acceptors (Lipinski definition) is 6. The van der Waals surface area contributed by atoms with Crippen LogP contribution in [0.1, 0.15) is 80.1 Å². The number of carbonyl (C=O) groups excluding carboxylic acids is 5. The van der Waals surface area contributed by atoms with Crippen molar-refractivity contribution >= 4 is 34.9 Å². The van der Waals surface area contributed by atoms with Crippen LogP contribution in [0.25, 0.3) is 0 Å². The van der Waals surface area contributed by atoms with Gasteiger partial charge in [-0.3, -0.25) is 28.8 Å². The molecule has 2 saturated carbocycles. The van der Waals surface area contributed by atoms with E-state index in [4.69, 9.17) is 5.11 Å². The average Bonchev–Trinajstić information content (AvgIpc) is 2.97. The van der Waals surface area contributed by atoms with Crippen LogP contribution in [0, 0.1) is 39.4 Å². The second kappa shape index (κ2) is 7.28. The smallest absolute Gasteiger partial charge is 0.303 e. The minimum atomic E-state index is -1.44. The number of allylic oxidation sites excluding steroid dienone is 2. The van der Waals surface area contributed by atoms with Crippen molar-refractivity contribution in [1.29, 1.82) is 0 Å². The van der Waals surface area contributed by atoms with Gasteiger partial charge in [-0.15, -0.1) is 0 Å². The van der Waals surface area contributed by atoms with Gasteiger partial charge in [-0.1, -0.05) is 34.6 Å². The summed E-state index contributed by atoms with van der Waals surface area (Å²) in [4.78, 5) is 79.0. The lowest BCUT2D eigenvalue weighted by Crippen LogP contribution is -2.62. The van der Waals surface area contributed by atoms with Gasteiger partial charge in [0.15, 0.2) is 5.78 Å². The number of hydrogen-bond donors (Lipinski definition) is 1. The van der Waals surface area contributed by atoms with Crippen molar-refractivity contribution in [3.05, 3.63) is 11.1 Å². The summed E-state index contributed by atoms with van der Waals surface area (Å²) < 4.78 is 0. The van der Waals surface area contributed by atoms with Crippen LogP contribution in [-0.4, -0.2) is 40.0 Å². The predicted octanol–water partition coefficient (Wildman–Crippen LogP) is 3.52. The zero-order chi connectivity index (χ0) is 25.6. The minimum absolute atomic E-state index is 0.0288. The summed E-state index contributed by atoms with van der Waals surface area (Å²) >= 11 is 0. The third kappa shape index (κ3) is 2.75. The highest BCUT2D eigenvalue weighted by atomic mass is 16.4. The minimum Gasteiger partial charge on any atom is -0.481 e. The Bertz CT molecular complexity index is 1090. The largest absolute Gasteiger partial charge is 0.481 e. The van der Waals surface area contributed by atoms with Crippen LogP contribution in [0.15, 0.2) is 11.1 Å². The topological polar surface area (TPSA) is 123 Å². The highest BCUT2D eigenvalue weighted by Gasteiger charge is 2.73. The molecule has 1 N–H and O–H groups in total. The molecule has 34 heavy (non-hydrogen) atoms. The normalized spacial score (nSPS) is 40.1. The SMILES string of the molecule is C[C@@H](CCC(=O)O)[C@H]1CC(=O)[C@@]2(C)C3=C(C(=O)C(=O)[C@]12C)[C@@]1(C)CCC(=O)C(C)(C)[C@@H]1CC3=O. The maximum absolute atomic E-state index is 13.9. The molecule has 0 saturated heterocycles. The maximum Gasteiger partial charge on any atom is 0.303 e. The number of aliphatic carboxylic acids is 1. The molecule has 184 valence electrons. The Kier molecular flexibility index (Phi) is 5.28. The van der Waals surface area contributed by atoms with Crippen LogP contribution in [0.3, 0.4) is 0 Å². The Hall–Kier alpha value is -2.44. The standard InChI is InChI=1S/C27H34O7/c1-13(7-8-19(31)32)14-11-18(30)27(6)20-15(28)12-16-24(2,3)17(29)9-10-25(16,4)21(20)22(33)23(34)26(14,27)5/h13-14,16H,7-12H2,1-6H3,(H,31,32)/t13-,14+,16-,25-,26-,27-/m0/s1. The Morgan fingerprint density at radius 3 is 2.18 bits per heavy atom. The van der Waals surface area contributed by atoms with Crippen molar-refractivity contribution in [1.82, 2.24) is 0 Å². The van der Waals surface area contributed by atoms with Gasteiger partial charge in [0.05, 0.1) is 10.8 Å². The first-order chi connectivity index (χ1) is 15.6. The molecule has 0 aliphatic heterocycles. The fraction of sp³-hybridized carbons (Fsp3) is 0.704. The number of rotatable bonds is 4. The highest BCUT2D eigenvalue weighted by Crippen LogP contribution is 2.68. The van der Waals surface area contributed by atoms with Gasteiger partial charge >= 0.3 is 5.97 Å². The van der Waals surface area contributed by atoms with E-state index in [-0.39, 0.29) is 66.5 Å². The molecule has 0 bridgehead atoms. The molecule has 0 aromatic carbocycles. The van der Waals surface area contributed by atoms with Gasteiger partial charge in [0.1, 0.15) is 11.6 Å². The first-order valence-corrected chi connectivity index (χ1v) is 12.2. The van der Waals surface area contributed by atoms with Crippen molar-refractivity contribution in [3.63, 3.8) is 0 Å². The van der Waals surface area contributed by atoms with Crippen LogP contribution in [-0.2, 0) is 28.8 Å². The van der Waals surface area contributed by atoms with Gasteiger partial charge < -0.3 is 5.11 Å². The van der Waals surface area contributed by atoms with Crippen molar-refractivity contribution in [3.8, 4) is 0 Å². The molecule has 0 aromatic rings. The summed E-state index contributed by atoms with van der Waals surface area (Å²) in [6.07, 6.45) is 0.884. The Morgan fingerprint density at radius 1 is 0.971 bits per heavy atom. The Labute approximate surface area is 199 Å². The monoisotopic (exact) mass is 470 g/mol. The molecule has 2 fully saturated rings. The molecule has 4 rings (SSSR count). The third-order valence-electron chi connectivity index (χ3n) is 10.4. The van der Waals surface area contributed by atoms with Gasteiger partial charge in [0.25, 0.3) is 0 Å². The van der Waals surface area contributed by atoms with Crippen molar-refractivity contribution in [2.75, 3.05) is 0 Å². The first-order valence-electron chi connectivity index (χ1n) is 12.2. The summed E-state index contributed by atoms with van der Waals surface area (Å²) in [5.41, 5.74) is -4.17. The summed E-state index contributed by atoms with van der Waals surface area (Å²) in [7, 11) is 0. The van der Waals surface area contributed by atoms with Gasteiger partial charge in [-0.25, -0.2) is 0 Å². The second-order valence-corrected chi connectivity index (χ2v) is 12.1. The van der Waals surface area contributed by atoms with Crippen molar-refractivity contribution in [2.24, 2.45) is 39.4 Å². The average molecular weight is 471 g/mol. The molecule has 4 aliphatic rings. The molecule has 0 heterocycles.